The highest BCUT2D eigenvalue weighted by atomic mass is 32.1. The second kappa shape index (κ2) is 8.18. The molecule has 0 bridgehead atoms. The average Bonchev–Trinajstić information content (AvgIpc) is 3.42. The van der Waals surface area contributed by atoms with E-state index in [1.807, 2.05) is 62.5 Å². The number of rotatable bonds is 4. The highest BCUT2D eigenvalue weighted by molar-refractivity contribution is 7.00. The van der Waals surface area contributed by atoms with Crippen molar-refractivity contribution in [2.75, 3.05) is 25.1 Å². The number of hydrogen-bond acceptors (Lipinski definition) is 8. The average molecular weight is 486 g/mol. The molecule has 0 spiro atoms. The molecule has 6 rings (SSSR count). The fourth-order valence-corrected chi connectivity index (χ4v) is 5.22. The number of carbonyl (C=O) groups is 1. The van der Waals surface area contributed by atoms with Gasteiger partial charge in [-0.25, -0.2) is 4.79 Å². The van der Waals surface area contributed by atoms with Crippen LogP contribution in [-0.2, 0) is 21.7 Å². The number of anilines is 1. The molecule has 1 atom stereocenters. The van der Waals surface area contributed by atoms with E-state index in [1.54, 1.807) is 12.1 Å². The number of aromatic nitrogens is 2. The monoisotopic (exact) mass is 485 g/mol. The molecule has 3 heterocycles. The van der Waals surface area contributed by atoms with Crippen molar-refractivity contribution in [3.05, 3.63) is 88.5 Å². The zero-order valence-corrected chi connectivity index (χ0v) is 20.1. The van der Waals surface area contributed by atoms with Crippen LogP contribution in [0.2, 0.25) is 0 Å². The van der Waals surface area contributed by atoms with Gasteiger partial charge in [-0.3, -0.25) is 0 Å². The Hall–Kier alpha value is -3.75. The van der Waals surface area contributed by atoms with Crippen molar-refractivity contribution in [1.82, 2.24) is 8.75 Å². The normalized spacial score (nSPS) is 19.6. The molecule has 1 N–H and O–H groups in total. The first kappa shape index (κ1) is 21.8. The van der Waals surface area contributed by atoms with Gasteiger partial charge in [-0.2, -0.15) is 8.75 Å². The summed E-state index contributed by atoms with van der Waals surface area (Å²) in [5.74, 6) is -1.62. The van der Waals surface area contributed by atoms with E-state index in [2.05, 4.69) is 13.6 Å². The maximum Gasteiger partial charge on any atom is 0.342 e. The van der Waals surface area contributed by atoms with Gasteiger partial charge in [-0.05, 0) is 42.3 Å². The van der Waals surface area contributed by atoms with Crippen molar-refractivity contribution in [3.8, 4) is 5.75 Å². The summed E-state index contributed by atoms with van der Waals surface area (Å²) in [7, 11) is 2.03. The molecule has 7 nitrogen and oxygen atoms in total. The summed E-state index contributed by atoms with van der Waals surface area (Å²) < 4.78 is 20.1. The Morgan fingerprint density at radius 1 is 1.06 bits per heavy atom. The minimum atomic E-state index is -1.88. The second-order valence-electron chi connectivity index (χ2n) is 8.97. The zero-order chi connectivity index (χ0) is 24.2. The first-order valence-electron chi connectivity index (χ1n) is 11.4. The highest BCUT2D eigenvalue weighted by Crippen LogP contribution is 2.45. The summed E-state index contributed by atoms with van der Waals surface area (Å²) in [6.07, 6.45) is 0.319. The number of ether oxygens (including phenoxy) is 2. The van der Waals surface area contributed by atoms with Crippen LogP contribution in [0.5, 0.6) is 5.75 Å². The molecule has 8 heteroatoms. The predicted octanol–water partition coefficient (Wildman–Crippen LogP) is 4.23. The Morgan fingerprint density at radius 2 is 1.86 bits per heavy atom. The van der Waals surface area contributed by atoms with Gasteiger partial charge < -0.3 is 19.5 Å². The van der Waals surface area contributed by atoms with Crippen LogP contribution in [0.25, 0.3) is 16.6 Å². The summed E-state index contributed by atoms with van der Waals surface area (Å²) in [6.45, 7) is 3.40. The van der Waals surface area contributed by atoms with Crippen LogP contribution in [0.15, 0.2) is 66.2 Å². The van der Waals surface area contributed by atoms with E-state index < -0.39 is 11.8 Å². The Bertz CT molecular complexity index is 1490. The molecule has 0 saturated carbocycles. The number of esters is 1. The van der Waals surface area contributed by atoms with Gasteiger partial charge in [0, 0.05) is 24.6 Å². The lowest BCUT2D eigenvalue weighted by Gasteiger charge is -2.29. The van der Waals surface area contributed by atoms with Gasteiger partial charge in [-0.1, -0.05) is 42.0 Å². The fraction of sp³-hybridized carbons (Fsp3) is 0.222. The van der Waals surface area contributed by atoms with Crippen molar-refractivity contribution >= 4 is 40.0 Å². The number of carbonyl (C=O) groups excluding carboxylic acids is 1. The summed E-state index contributed by atoms with van der Waals surface area (Å²) >= 11 is 1.12. The van der Waals surface area contributed by atoms with Gasteiger partial charge in [0.25, 0.3) is 5.79 Å². The molecule has 176 valence electrons. The van der Waals surface area contributed by atoms with Crippen LogP contribution in [0.1, 0.15) is 22.3 Å². The van der Waals surface area contributed by atoms with E-state index in [-0.39, 0.29) is 0 Å². The van der Waals surface area contributed by atoms with Gasteiger partial charge in [0.1, 0.15) is 23.4 Å². The van der Waals surface area contributed by atoms with Crippen LogP contribution in [-0.4, -0.2) is 40.0 Å². The summed E-state index contributed by atoms with van der Waals surface area (Å²) in [4.78, 5) is 15.4. The Balaban J connectivity index is 1.52. The van der Waals surface area contributed by atoms with Crippen molar-refractivity contribution in [1.29, 1.82) is 0 Å². The predicted molar refractivity (Wildman–Crippen MR) is 134 cm³/mol. The summed E-state index contributed by atoms with van der Waals surface area (Å²) in [5, 5.41) is 11.9. The highest BCUT2D eigenvalue weighted by Gasteiger charge is 2.48. The van der Waals surface area contributed by atoms with Gasteiger partial charge in [0.2, 0.25) is 0 Å². The minimum Gasteiger partial charge on any atom is -0.490 e. The molecule has 2 aliphatic rings. The van der Waals surface area contributed by atoms with E-state index >= 15 is 0 Å². The Labute approximate surface area is 206 Å². The quantitative estimate of drug-likeness (QED) is 0.433. The van der Waals surface area contributed by atoms with Crippen molar-refractivity contribution in [2.45, 2.75) is 19.1 Å². The Kier molecular flexibility index (Phi) is 5.09. The molecule has 0 aliphatic carbocycles. The molecule has 4 aromatic rings. The number of benzene rings is 3. The molecule has 35 heavy (non-hydrogen) atoms. The first-order chi connectivity index (χ1) is 16.9. The first-order valence-corrected chi connectivity index (χ1v) is 12.1. The van der Waals surface area contributed by atoms with Gasteiger partial charge in [0.15, 0.2) is 0 Å². The third-order valence-corrected chi connectivity index (χ3v) is 7.20. The maximum absolute atomic E-state index is 13.3. The number of hydrogen-bond donors (Lipinski definition) is 1. The van der Waals surface area contributed by atoms with E-state index in [0.717, 1.165) is 46.4 Å². The molecule has 0 fully saturated rings. The molecular formula is C27H23N3O4S. The van der Waals surface area contributed by atoms with Gasteiger partial charge in [-0.15, -0.1) is 0 Å². The third kappa shape index (κ3) is 3.66. The fourth-order valence-electron chi connectivity index (χ4n) is 4.70. The molecule has 2 aliphatic heterocycles. The number of nitrogens with zero attached hydrogens (tertiary/aromatic N) is 3. The molecule has 0 saturated heterocycles. The number of likely N-dealkylation sites (N-methyl/N-ethyl adjacent to an activating group) is 1. The zero-order valence-electron chi connectivity index (χ0n) is 19.3. The van der Waals surface area contributed by atoms with Crippen LogP contribution < -0.4 is 9.64 Å². The lowest BCUT2D eigenvalue weighted by Crippen LogP contribution is -2.30. The molecule has 0 amide bonds. The summed E-state index contributed by atoms with van der Waals surface area (Å²) in [6, 6.07) is 18.8. The lowest BCUT2D eigenvalue weighted by molar-refractivity contribution is -0.185. The van der Waals surface area contributed by atoms with E-state index in [1.165, 1.54) is 0 Å². The number of aryl methyl sites for hydroxylation is 1. The molecule has 1 aromatic heterocycles. The van der Waals surface area contributed by atoms with Crippen LogP contribution in [0.3, 0.4) is 0 Å². The SMILES string of the molecule is Cc1ccc(C2(O)OC(=O)C(c3ccc4nsnc4c3)=C2Cc2ccc3c(c2)N(C)CCO3)cc1. The number of cyclic esters (lactones) is 1. The largest absolute Gasteiger partial charge is 0.490 e. The second-order valence-corrected chi connectivity index (χ2v) is 9.50. The van der Waals surface area contributed by atoms with E-state index in [0.29, 0.717) is 40.8 Å². The van der Waals surface area contributed by atoms with Gasteiger partial charge in [0.05, 0.1) is 29.5 Å². The lowest BCUT2D eigenvalue weighted by atomic mass is 9.87. The van der Waals surface area contributed by atoms with E-state index in [4.69, 9.17) is 9.47 Å². The standard InChI is InChI=1S/C27H23N3O4S/c1-16-3-7-19(8-4-16)27(32)20(13-17-5-10-24-23(14-17)30(2)11-12-33-24)25(26(31)34-27)18-6-9-21-22(15-18)29-35-28-21/h3-10,14-15,32H,11-13H2,1-2H3. The third-order valence-electron chi connectivity index (χ3n) is 6.64. The van der Waals surface area contributed by atoms with Gasteiger partial charge >= 0.3 is 5.97 Å². The Morgan fingerprint density at radius 3 is 2.69 bits per heavy atom. The molecule has 1 unspecified atom stereocenters. The molecular weight excluding hydrogens is 462 g/mol. The maximum atomic E-state index is 13.3. The minimum absolute atomic E-state index is 0.319. The van der Waals surface area contributed by atoms with Crippen LogP contribution in [0.4, 0.5) is 5.69 Å². The van der Waals surface area contributed by atoms with Crippen molar-refractivity contribution in [2.24, 2.45) is 0 Å². The van der Waals surface area contributed by atoms with Crippen LogP contribution in [0, 0.1) is 6.92 Å². The van der Waals surface area contributed by atoms with Crippen LogP contribution >= 0.6 is 11.7 Å². The number of aliphatic hydroxyl groups is 1. The topological polar surface area (TPSA) is 84.8 Å². The van der Waals surface area contributed by atoms with Crippen molar-refractivity contribution < 1.29 is 19.4 Å². The molecule has 3 aromatic carbocycles. The smallest absolute Gasteiger partial charge is 0.342 e. The number of fused-ring (bicyclic) bond motifs is 2. The van der Waals surface area contributed by atoms with E-state index in [9.17, 15) is 9.90 Å². The van der Waals surface area contributed by atoms with Crippen molar-refractivity contribution in [3.63, 3.8) is 0 Å². The molecule has 0 radical (unpaired) electrons. The summed E-state index contributed by atoms with van der Waals surface area (Å²) in [5.41, 5.74) is 6.43.